The van der Waals surface area contributed by atoms with Crippen LogP contribution in [0.3, 0.4) is 0 Å². The van der Waals surface area contributed by atoms with Gasteiger partial charge in [-0.05, 0) is 19.1 Å². The number of hydrogen-bond donors (Lipinski definition) is 0. The summed E-state index contributed by atoms with van der Waals surface area (Å²) in [4.78, 5) is 28.5. The molecule has 6 nitrogen and oxygen atoms in total. The van der Waals surface area contributed by atoms with Crippen LogP contribution in [0.15, 0.2) is 47.6 Å². The fourth-order valence-electron chi connectivity index (χ4n) is 2.01. The summed E-state index contributed by atoms with van der Waals surface area (Å²) in [5.74, 6) is -1.28. The first-order valence-corrected chi connectivity index (χ1v) is 6.08. The Labute approximate surface area is 114 Å². The minimum absolute atomic E-state index is 0.181. The molecular weight excluding hydrogens is 258 g/mol. The van der Waals surface area contributed by atoms with Crippen LogP contribution in [0.1, 0.15) is 27.8 Å². The van der Waals surface area contributed by atoms with Gasteiger partial charge in [0.15, 0.2) is 11.5 Å². The first-order chi connectivity index (χ1) is 9.68. The summed E-state index contributed by atoms with van der Waals surface area (Å²) < 4.78 is 6.58. The molecule has 0 aromatic carbocycles. The number of carbonyl (C=O) groups is 2. The highest BCUT2D eigenvalue weighted by atomic mass is 16.3. The third-order valence-corrected chi connectivity index (χ3v) is 3.14. The Hall–Kier alpha value is -2.76. The molecule has 6 heteroatoms. The fraction of sp³-hybridized carbons (Fsp3) is 0.143. The Morgan fingerprint density at radius 1 is 1.30 bits per heavy atom. The van der Waals surface area contributed by atoms with Gasteiger partial charge in [-0.1, -0.05) is 0 Å². The summed E-state index contributed by atoms with van der Waals surface area (Å²) in [6.45, 7) is 1.56. The maximum atomic E-state index is 12.4. The van der Waals surface area contributed by atoms with Gasteiger partial charge in [0.2, 0.25) is 5.78 Å². The van der Waals surface area contributed by atoms with Gasteiger partial charge in [0, 0.05) is 12.4 Å². The van der Waals surface area contributed by atoms with Crippen molar-refractivity contribution in [3.05, 3.63) is 54.5 Å². The van der Waals surface area contributed by atoms with Crippen LogP contribution in [-0.4, -0.2) is 26.2 Å². The van der Waals surface area contributed by atoms with E-state index in [0.29, 0.717) is 11.1 Å². The van der Waals surface area contributed by atoms with E-state index in [1.165, 1.54) is 12.5 Å². The van der Waals surface area contributed by atoms with Crippen molar-refractivity contribution in [1.29, 1.82) is 0 Å². The van der Waals surface area contributed by atoms with Crippen molar-refractivity contribution in [2.75, 3.05) is 0 Å². The highest BCUT2D eigenvalue weighted by Crippen LogP contribution is 2.18. The average molecular weight is 269 g/mol. The van der Waals surface area contributed by atoms with Crippen LogP contribution in [0, 0.1) is 5.92 Å². The number of aromatic nitrogens is 3. The smallest absolute Gasteiger partial charge is 0.208 e. The highest BCUT2D eigenvalue weighted by Gasteiger charge is 2.27. The van der Waals surface area contributed by atoms with E-state index in [1.54, 1.807) is 42.2 Å². The second kappa shape index (κ2) is 4.73. The molecule has 0 spiro atoms. The zero-order chi connectivity index (χ0) is 14.1. The third-order valence-electron chi connectivity index (χ3n) is 3.14. The van der Waals surface area contributed by atoms with Crippen molar-refractivity contribution in [2.45, 2.75) is 6.92 Å². The van der Waals surface area contributed by atoms with Crippen LogP contribution in [0.25, 0.3) is 5.52 Å². The van der Waals surface area contributed by atoms with Crippen LogP contribution in [0.2, 0.25) is 0 Å². The van der Waals surface area contributed by atoms with Gasteiger partial charge in [-0.15, -0.1) is 0 Å². The lowest BCUT2D eigenvalue weighted by molar-refractivity contribution is 0.0804. The van der Waals surface area contributed by atoms with E-state index < -0.39 is 5.92 Å². The Balaban J connectivity index is 1.94. The van der Waals surface area contributed by atoms with Gasteiger partial charge < -0.3 is 4.42 Å². The molecule has 3 heterocycles. The van der Waals surface area contributed by atoms with Gasteiger partial charge >= 0.3 is 0 Å². The molecule has 0 saturated carbocycles. The molecule has 0 aliphatic rings. The minimum atomic E-state index is -0.825. The van der Waals surface area contributed by atoms with Crippen molar-refractivity contribution < 1.29 is 14.0 Å². The van der Waals surface area contributed by atoms with E-state index in [1.807, 2.05) is 0 Å². The SMILES string of the molecule is CC(C(=O)c1ccco1)C(=O)c1cnn2ccncc12. The number of ketones is 2. The van der Waals surface area contributed by atoms with E-state index in [2.05, 4.69) is 10.1 Å². The van der Waals surface area contributed by atoms with Crippen LogP contribution >= 0.6 is 0 Å². The highest BCUT2D eigenvalue weighted by molar-refractivity contribution is 6.17. The monoisotopic (exact) mass is 269 g/mol. The Morgan fingerprint density at radius 2 is 2.15 bits per heavy atom. The quantitative estimate of drug-likeness (QED) is 0.535. The lowest BCUT2D eigenvalue weighted by atomic mass is 9.95. The van der Waals surface area contributed by atoms with Gasteiger partial charge in [-0.25, -0.2) is 4.52 Å². The average Bonchev–Trinajstić information content (AvgIpc) is 3.14. The lowest BCUT2D eigenvalue weighted by Crippen LogP contribution is -2.21. The van der Waals surface area contributed by atoms with Gasteiger partial charge in [0.1, 0.15) is 0 Å². The molecule has 3 rings (SSSR count). The first kappa shape index (κ1) is 12.3. The normalized spacial score (nSPS) is 12.4. The van der Waals surface area contributed by atoms with Gasteiger partial charge in [0.25, 0.3) is 0 Å². The van der Waals surface area contributed by atoms with Gasteiger partial charge in [0.05, 0.1) is 35.7 Å². The summed E-state index contributed by atoms with van der Waals surface area (Å²) in [6, 6.07) is 3.16. The number of nitrogens with zero attached hydrogens (tertiary/aromatic N) is 3. The van der Waals surface area contributed by atoms with E-state index in [4.69, 9.17) is 4.42 Å². The molecule has 1 unspecified atom stereocenters. The maximum Gasteiger partial charge on any atom is 0.208 e. The lowest BCUT2D eigenvalue weighted by Gasteiger charge is -2.06. The molecule has 100 valence electrons. The van der Waals surface area contributed by atoms with Crippen LogP contribution < -0.4 is 0 Å². The van der Waals surface area contributed by atoms with E-state index in [-0.39, 0.29) is 17.3 Å². The molecule has 3 aromatic heterocycles. The summed E-state index contributed by atoms with van der Waals surface area (Å²) in [5, 5.41) is 4.07. The van der Waals surface area contributed by atoms with E-state index in [0.717, 1.165) is 0 Å². The Morgan fingerprint density at radius 3 is 2.90 bits per heavy atom. The standard InChI is InChI=1S/C14H11N3O3/c1-9(14(19)12-3-2-6-20-12)13(18)10-7-16-17-5-4-15-8-11(10)17/h2-9H,1H3. The summed E-state index contributed by atoms with van der Waals surface area (Å²) in [7, 11) is 0. The molecule has 0 aliphatic carbocycles. The van der Waals surface area contributed by atoms with Crippen LogP contribution in [0.5, 0.6) is 0 Å². The minimum Gasteiger partial charge on any atom is -0.461 e. The summed E-state index contributed by atoms with van der Waals surface area (Å²) in [5.41, 5.74) is 0.960. The number of carbonyl (C=O) groups excluding carboxylic acids is 2. The first-order valence-electron chi connectivity index (χ1n) is 6.08. The number of fused-ring (bicyclic) bond motifs is 1. The van der Waals surface area contributed by atoms with Crippen molar-refractivity contribution in [1.82, 2.24) is 14.6 Å². The van der Waals surface area contributed by atoms with Gasteiger partial charge in [-0.3, -0.25) is 14.6 Å². The number of rotatable bonds is 4. The molecule has 3 aromatic rings. The van der Waals surface area contributed by atoms with E-state index >= 15 is 0 Å². The molecular formula is C14H11N3O3. The predicted molar refractivity (Wildman–Crippen MR) is 69.5 cm³/mol. The molecule has 0 bridgehead atoms. The molecule has 0 amide bonds. The second-order valence-corrected chi connectivity index (χ2v) is 4.39. The summed E-state index contributed by atoms with van der Waals surface area (Å²) >= 11 is 0. The van der Waals surface area contributed by atoms with E-state index in [9.17, 15) is 9.59 Å². The van der Waals surface area contributed by atoms with Crippen LogP contribution in [-0.2, 0) is 0 Å². The molecule has 0 radical (unpaired) electrons. The topological polar surface area (TPSA) is 77.5 Å². The zero-order valence-electron chi connectivity index (χ0n) is 10.7. The Bertz CT molecular complexity index is 774. The number of Topliss-reactive ketones (excluding diaryl/α,β-unsaturated/α-hetero) is 2. The zero-order valence-corrected chi connectivity index (χ0v) is 10.7. The predicted octanol–water partition coefficient (Wildman–Crippen LogP) is 2.02. The molecule has 0 fully saturated rings. The molecule has 0 saturated heterocycles. The molecule has 1 atom stereocenters. The fourth-order valence-corrected chi connectivity index (χ4v) is 2.01. The number of hydrogen-bond acceptors (Lipinski definition) is 5. The van der Waals surface area contributed by atoms with Crippen molar-refractivity contribution in [3.8, 4) is 0 Å². The number of furan rings is 1. The maximum absolute atomic E-state index is 12.4. The summed E-state index contributed by atoms with van der Waals surface area (Å²) in [6.07, 6.45) is 7.62. The third kappa shape index (κ3) is 1.91. The second-order valence-electron chi connectivity index (χ2n) is 4.39. The molecule has 0 aliphatic heterocycles. The molecule has 0 N–H and O–H groups in total. The van der Waals surface area contributed by atoms with Gasteiger partial charge in [-0.2, -0.15) is 5.10 Å². The Kier molecular flexibility index (Phi) is 2.90. The van der Waals surface area contributed by atoms with Crippen LogP contribution in [0.4, 0.5) is 0 Å². The van der Waals surface area contributed by atoms with Crippen molar-refractivity contribution >= 4 is 17.1 Å². The largest absolute Gasteiger partial charge is 0.461 e. The molecule has 20 heavy (non-hydrogen) atoms. The van der Waals surface area contributed by atoms with Crippen molar-refractivity contribution in [3.63, 3.8) is 0 Å². The van der Waals surface area contributed by atoms with Crippen molar-refractivity contribution in [2.24, 2.45) is 5.92 Å².